The molecule has 3 amide bonds. The van der Waals surface area contributed by atoms with Gasteiger partial charge >= 0.3 is 6.03 Å². The van der Waals surface area contributed by atoms with Crippen molar-refractivity contribution in [1.82, 2.24) is 10.2 Å². The summed E-state index contributed by atoms with van der Waals surface area (Å²) in [6.45, 7) is 2.25. The highest BCUT2D eigenvalue weighted by molar-refractivity contribution is 6.11. The molecule has 3 aliphatic rings. The molecule has 0 aromatic heterocycles. The van der Waals surface area contributed by atoms with Crippen molar-refractivity contribution < 1.29 is 23.9 Å². The van der Waals surface area contributed by atoms with Gasteiger partial charge in [-0.05, 0) is 67.5 Å². The van der Waals surface area contributed by atoms with Gasteiger partial charge in [0.05, 0.1) is 6.54 Å². The van der Waals surface area contributed by atoms with Crippen LogP contribution < -0.4 is 14.8 Å². The maximum absolute atomic E-state index is 13.2. The predicted octanol–water partition coefficient (Wildman–Crippen LogP) is 2.99. The van der Waals surface area contributed by atoms with Crippen LogP contribution in [0.25, 0.3) is 0 Å². The number of Topliss-reactive ketones (excluding diaryl/α,β-unsaturated/α-hetero) is 1. The molecule has 7 heteroatoms. The molecule has 0 bridgehead atoms. The number of hydrogen-bond donors (Lipinski definition) is 1. The molecular weight excluding hydrogens is 396 g/mol. The molecule has 2 aliphatic heterocycles. The van der Waals surface area contributed by atoms with E-state index in [1.165, 1.54) is 17.5 Å². The molecule has 1 unspecified atom stereocenters. The largest absolute Gasteiger partial charge is 0.486 e. The first-order valence-electron chi connectivity index (χ1n) is 10.6. The Balaban J connectivity index is 1.37. The molecule has 31 heavy (non-hydrogen) atoms. The van der Waals surface area contributed by atoms with E-state index in [2.05, 4.69) is 5.32 Å². The zero-order valence-corrected chi connectivity index (χ0v) is 17.4. The average Bonchev–Trinajstić information content (AvgIpc) is 3.02. The highest BCUT2D eigenvalue weighted by atomic mass is 16.6. The summed E-state index contributed by atoms with van der Waals surface area (Å²) in [5.41, 5.74) is 2.32. The van der Waals surface area contributed by atoms with Gasteiger partial charge in [-0.3, -0.25) is 14.5 Å². The lowest BCUT2D eigenvalue weighted by Crippen LogP contribution is -2.41. The number of hydrogen-bond acceptors (Lipinski definition) is 5. The third kappa shape index (κ3) is 3.34. The Kier molecular flexibility index (Phi) is 4.68. The number of imide groups is 1. The summed E-state index contributed by atoms with van der Waals surface area (Å²) in [5, 5.41) is 2.75. The van der Waals surface area contributed by atoms with Crippen LogP contribution in [-0.4, -0.2) is 42.4 Å². The van der Waals surface area contributed by atoms with E-state index in [9.17, 15) is 14.4 Å². The molecule has 0 saturated carbocycles. The molecule has 0 spiro atoms. The zero-order chi connectivity index (χ0) is 21.6. The Hall–Kier alpha value is -3.35. The van der Waals surface area contributed by atoms with E-state index in [0.717, 1.165) is 24.2 Å². The lowest BCUT2D eigenvalue weighted by Gasteiger charge is -2.25. The SMILES string of the molecule is CC1(c2ccc3c(c2)OCCO3)NC(=O)N(CC(=O)c2ccc3c(c2)CCCC3)C1=O. The summed E-state index contributed by atoms with van der Waals surface area (Å²) in [4.78, 5) is 39.8. The molecule has 1 fully saturated rings. The van der Waals surface area contributed by atoms with Gasteiger partial charge in [0.1, 0.15) is 18.8 Å². The Morgan fingerprint density at radius 2 is 1.74 bits per heavy atom. The summed E-state index contributed by atoms with van der Waals surface area (Å²) in [6.07, 6.45) is 4.28. The van der Waals surface area contributed by atoms with Gasteiger partial charge in [0.15, 0.2) is 17.3 Å². The van der Waals surface area contributed by atoms with Crippen LogP contribution in [0.5, 0.6) is 11.5 Å². The van der Waals surface area contributed by atoms with Gasteiger partial charge < -0.3 is 14.8 Å². The molecule has 2 aromatic rings. The summed E-state index contributed by atoms with van der Waals surface area (Å²) in [6, 6.07) is 10.3. The second kappa shape index (κ2) is 7.41. The van der Waals surface area contributed by atoms with Crippen LogP contribution in [0.4, 0.5) is 4.79 Å². The lowest BCUT2D eigenvalue weighted by atomic mass is 9.89. The van der Waals surface area contributed by atoms with Gasteiger partial charge in [-0.1, -0.05) is 18.2 Å². The van der Waals surface area contributed by atoms with Gasteiger partial charge in [0.25, 0.3) is 5.91 Å². The maximum Gasteiger partial charge on any atom is 0.325 e. The van der Waals surface area contributed by atoms with Crippen molar-refractivity contribution in [1.29, 1.82) is 0 Å². The number of amides is 3. The van der Waals surface area contributed by atoms with Crippen molar-refractivity contribution in [3.8, 4) is 11.5 Å². The van der Waals surface area contributed by atoms with Crippen LogP contribution in [0.2, 0.25) is 0 Å². The van der Waals surface area contributed by atoms with Crippen LogP contribution in [-0.2, 0) is 23.2 Å². The number of aryl methyl sites for hydroxylation is 2. The van der Waals surface area contributed by atoms with E-state index < -0.39 is 17.5 Å². The molecular formula is C24H24N2O5. The van der Waals surface area contributed by atoms with Crippen molar-refractivity contribution in [2.75, 3.05) is 19.8 Å². The molecule has 1 atom stereocenters. The Bertz CT molecular complexity index is 1100. The average molecular weight is 420 g/mol. The first-order chi connectivity index (χ1) is 15.0. The maximum atomic E-state index is 13.2. The third-order valence-corrected chi connectivity index (χ3v) is 6.37. The van der Waals surface area contributed by atoms with E-state index in [1.807, 2.05) is 12.1 Å². The van der Waals surface area contributed by atoms with Crippen LogP contribution in [0.3, 0.4) is 0 Å². The molecule has 1 N–H and O–H groups in total. The second-order valence-electron chi connectivity index (χ2n) is 8.42. The fourth-order valence-electron chi connectivity index (χ4n) is 4.53. The number of rotatable bonds is 4. The van der Waals surface area contributed by atoms with Gasteiger partial charge in [0, 0.05) is 5.56 Å². The molecule has 1 aliphatic carbocycles. The molecule has 160 valence electrons. The topological polar surface area (TPSA) is 84.9 Å². The van der Waals surface area contributed by atoms with Crippen LogP contribution in [0.1, 0.15) is 46.8 Å². The zero-order valence-electron chi connectivity index (χ0n) is 17.4. The van der Waals surface area contributed by atoms with Crippen LogP contribution in [0.15, 0.2) is 36.4 Å². The standard InChI is InChI=1S/C24H24N2O5/c1-24(18-8-9-20-21(13-18)31-11-10-30-20)22(28)26(23(29)25-24)14-19(27)17-7-6-15-4-2-3-5-16(15)12-17/h6-9,12-13H,2-5,10-11,14H2,1H3,(H,25,29). The van der Waals surface area contributed by atoms with E-state index in [4.69, 9.17) is 9.47 Å². The minimum absolute atomic E-state index is 0.247. The highest BCUT2D eigenvalue weighted by Gasteiger charge is 2.49. The highest BCUT2D eigenvalue weighted by Crippen LogP contribution is 2.37. The Morgan fingerprint density at radius 3 is 2.55 bits per heavy atom. The quantitative estimate of drug-likeness (QED) is 0.607. The minimum atomic E-state index is -1.27. The van der Waals surface area contributed by atoms with Gasteiger partial charge in [0.2, 0.25) is 0 Å². The van der Waals surface area contributed by atoms with Crippen molar-refractivity contribution >= 4 is 17.7 Å². The number of nitrogens with zero attached hydrogens (tertiary/aromatic N) is 1. The second-order valence-corrected chi connectivity index (χ2v) is 8.42. The van der Waals surface area contributed by atoms with E-state index >= 15 is 0 Å². The number of urea groups is 1. The molecule has 0 radical (unpaired) electrons. The van der Waals surface area contributed by atoms with E-state index in [-0.39, 0.29) is 12.3 Å². The first-order valence-corrected chi connectivity index (χ1v) is 10.6. The predicted molar refractivity (Wildman–Crippen MR) is 112 cm³/mol. The molecule has 2 heterocycles. The van der Waals surface area contributed by atoms with Crippen molar-refractivity contribution in [2.24, 2.45) is 0 Å². The lowest BCUT2D eigenvalue weighted by molar-refractivity contribution is -0.130. The third-order valence-electron chi connectivity index (χ3n) is 6.37. The summed E-state index contributed by atoms with van der Waals surface area (Å²) in [5.74, 6) is 0.439. The number of benzene rings is 2. The fraction of sp³-hybridized carbons (Fsp3) is 0.375. The summed E-state index contributed by atoms with van der Waals surface area (Å²) in [7, 11) is 0. The summed E-state index contributed by atoms with van der Waals surface area (Å²) >= 11 is 0. The summed E-state index contributed by atoms with van der Waals surface area (Å²) < 4.78 is 11.1. The number of carbonyl (C=O) groups excluding carboxylic acids is 3. The van der Waals surface area contributed by atoms with Gasteiger partial charge in [-0.2, -0.15) is 0 Å². The Labute approximate surface area is 180 Å². The smallest absolute Gasteiger partial charge is 0.325 e. The van der Waals surface area contributed by atoms with Crippen LogP contribution >= 0.6 is 0 Å². The van der Waals surface area contributed by atoms with E-state index in [0.29, 0.717) is 35.8 Å². The number of ether oxygens (including phenoxy) is 2. The van der Waals surface area contributed by atoms with E-state index in [1.54, 1.807) is 31.2 Å². The number of fused-ring (bicyclic) bond motifs is 2. The molecule has 7 nitrogen and oxygen atoms in total. The molecule has 5 rings (SSSR count). The van der Waals surface area contributed by atoms with Gasteiger partial charge in [-0.25, -0.2) is 4.79 Å². The normalized spacial score (nSPS) is 22.2. The fourth-order valence-corrected chi connectivity index (χ4v) is 4.53. The number of ketones is 1. The van der Waals surface area contributed by atoms with Gasteiger partial charge in [-0.15, -0.1) is 0 Å². The number of carbonyl (C=O) groups is 3. The minimum Gasteiger partial charge on any atom is -0.486 e. The van der Waals surface area contributed by atoms with Crippen molar-refractivity contribution in [2.45, 2.75) is 38.1 Å². The monoisotopic (exact) mass is 420 g/mol. The van der Waals surface area contributed by atoms with Crippen molar-refractivity contribution in [3.05, 3.63) is 58.7 Å². The number of nitrogens with one attached hydrogen (secondary N) is 1. The molecule has 1 saturated heterocycles. The molecule has 2 aromatic carbocycles. The van der Waals surface area contributed by atoms with Crippen molar-refractivity contribution in [3.63, 3.8) is 0 Å². The Morgan fingerprint density at radius 1 is 1.00 bits per heavy atom. The first kappa shape index (κ1) is 19.6. The van der Waals surface area contributed by atoms with Crippen LogP contribution in [0, 0.1) is 0 Å².